The van der Waals surface area contributed by atoms with Crippen LogP contribution >= 0.6 is 12.2 Å². The molecule has 124 valence electrons. The lowest BCUT2D eigenvalue weighted by atomic mass is 9.96. The van der Waals surface area contributed by atoms with Gasteiger partial charge in [-0.05, 0) is 62.6 Å². The van der Waals surface area contributed by atoms with Gasteiger partial charge in [0.2, 0.25) is 5.91 Å². The topological polar surface area (TPSA) is 53.9 Å². The summed E-state index contributed by atoms with van der Waals surface area (Å²) in [6, 6.07) is 0.546. The second kappa shape index (κ2) is 5.16. The van der Waals surface area contributed by atoms with Crippen LogP contribution in [0.25, 0.3) is 0 Å². The van der Waals surface area contributed by atoms with Gasteiger partial charge in [-0.3, -0.25) is 9.89 Å². The van der Waals surface area contributed by atoms with Crippen LogP contribution < -0.4 is 0 Å². The Balaban J connectivity index is 1.33. The number of rotatable bonds is 3. The molecule has 0 aromatic carbocycles. The molecule has 4 fully saturated rings. The minimum Gasteiger partial charge on any atom is -0.342 e. The van der Waals surface area contributed by atoms with Gasteiger partial charge in [0.25, 0.3) is 0 Å². The Kier molecular flexibility index (Phi) is 3.19. The largest absolute Gasteiger partial charge is 0.342 e. The summed E-state index contributed by atoms with van der Waals surface area (Å²) in [7, 11) is 0. The minimum absolute atomic E-state index is 0.347. The lowest BCUT2D eigenvalue weighted by molar-refractivity contribution is -0.134. The first-order chi connectivity index (χ1) is 11.2. The summed E-state index contributed by atoms with van der Waals surface area (Å²) in [4.78, 5) is 15.0. The minimum atomic E-state index is 0.347. The van der Waals surface area contributed by atoms with Crippen molar-refractivity contribution in [3.8, 4) is 0 Å². The first kappa shape index (κ1) is 14.2. The van der Waals surface area contributed by atoms with Gasteiger partial charge >= 0.3 is 0 Å². The highest BCUT2D eigenvalue weighted by Crippen LogP contribution is 2.58. The third-order valence-electron chi connectivity index (χ3n) is 6.43. The van der Waals surface area contributed by atoms with E-state index >= 15 is 0 Å². The maximum Gasteiger partial charge on any atom is 0.226 e. The van der Waals surface area contributed by atoms with Crippen LogP contribution in [0.1, 0.15) is 62.7 Å². The number of piperidine rings is 1. The lowest BCUT2D eigenvalue weighted by Crippen LogP contribution is -2.41. The summed E-state index contributed by atoms with van der Waals surface area (Å²) in [5, 5.41) is 7.50. The number of aromatic amines is 1. The summed E-state index contributed by atoms with van der Waals surface area (Å²) in [5.74, 6) is 3.64. The van der Waals surface area contributed by atoms with Crippen molar-refractivity contribution in [1.82, 2.24) is 19.7 Å². The van der Waals surface area contributed by atoms with Crippen LogP contribution in [0.15, 0.2) is 0 Å². The first-order valence-electron chi connectivity index (χ1n) is 9.19. The smallest absolute Gasteiger partial charge is 0.226 e. The second-order valence-corrected chi connectivity index (χ2v) is 8.28. The quantitative estimate of drug-likeness (QED) is 0.866. The first-order valence-corrected chi connectivity index (χ1v) is 9.60. The van der Waals surface area contributed by atoms with Gasteiger partial charge in [-0.2, -0.15) is 5.10 Å². The fraction of sp³-hybridized carbons (Fsp3) is 0.824. The Labute approximate surface area is 141 Å². The normalized spacial score (nSPS) is 36.1. The van der Waals surface area contributed by atoms with Crippen molar-refractivity contribution in [3.05, 3.63) is 10.6 Å². The van der Waals surface area contributed by atoms with E-state index in [4.69, 9.17) is 12.2 Å². The highest BCUT2D eigenvalue weighted by molar-refractivity contribution is 7.71. The van der Waals surface area contributed by atoms with Crippen LogP contribution in [-0.2, 0) is 4.79 Å². The molecule has 0 radical (unpaired) electrons. The number of hydrogen-bond acceptors (Lipinski definition) is 3. The molecule has 1 aromatic heterocycles. The van der Waals surface area contributed by atoms with E-state index in [9.17, 15) is 4.79 Å². The zero-order chi connectivity index (χ0) is 15.6. The zero-order valence-corrected chi connectivity index (χ0v) is 14.2. The van der Waals surface area contributed by atoms with Crippen molar-refractivity contribution in [2.24, 2.45) is 17.8 Å². The number of nitrogens with one attached hydrogen (secondary N) is 1. The predicted octanol–water partition coefficient (Wildman–Crippen LogP) is 3.03. The number of H-pyrrole nitrogens is 1. The molecule has 1 aliphatic heterocycles. The number of aromatic nitrogens is 3. The third-order valence-corrected chi connectivity index (χ3v) is 6.72. The van der Waals surface area contributed by atoms with Gasteiger partial charge in [0.1, 0.15) is 5.82 Å². The van der Waals surface area contributed by atoms with E-state index < -0.39 is 0 Å². The Morgan fingerprint density at radius 3 is 2.65 bits per heavy atom. The molecule has 1 saturated heterocycles. The van der Waals surface area contributed by atoms with E-state index in [0.29, 0.717) is 35.6 Å². The van der Waals surface area contributed by atoms with Crippen molar-refractivity contribution >= 4 is 18.1 Å². The molecule has 1 aromatic rings. The van der Waals surface area contributed by atoms with Crippen molar-refractivity contribution in [3.63, 3.8) is 0 Å². The number of carbonyl (C=O) groups is 1. The van der Waals surface area contributed by atoms with Crippen molar-refractivity contribution in [1.29, 1.82) is 0 Å². The molecule has 1 N–H and O–H groups in total. The third kappa shape index (κ3) is 2.29. The van der Waals surface area contributed by atoms with E-state index in [0.717, 1.165) is 36.5 Å². The van der Waals surface area contributed by atoms with Gasteiger partial charge in [0, 0.05) is 31.0 Å². The molecule has 5 rings (SSSR count). The number of nitrogens with zero attached hydrogens (tertiary/aromatic N) is 3. The molecule has 3 saturated carbocycles. The van der Waals surface area contributed by atoms with Crippen LogP contribution in [0, 0.1) is 22.5 Å². The molecule has 6 heteroatoms. The molecule has 1 amide bonds. The molecule has 4 aliphatic rings. The number of fused-ring (bicyclic) bond motifs is 1. The van der Waals surface area contributed by atoms with E-state index in [1.165, 1.54) is 32.1 Å². The maximum absolute atomic E-state index is 12.9. The maximum atomic E-state index is 12.9. The fourth-order valence-corrected chi connectivity index (χ4v) is 5.37. The lowest BCUT2D eigenvalue weighted by Gasteiger charge is -2.33. The van der Waals surface area contributed by atoms with Crippen molar-refractivity contribution in [2.45, 2.75) is 56.9 Å². The van der Waals surface area contributed by atoms with Crippen molar-refractivity contribution < 1.29 is 4.79 Å². The predicted molar refractivity (Wildman–Crippen MR) is 88.6 cm³/mol. The van der Waals surface area contributed by atoms with E-state index in [1.54, 1.807) is 0 Å². The Morgan fingerprint density at radius 2 is 1.91 bits per heavy atom. The number of likely N-dealkylation sites (tertiary alicyclic amines) is 1. The summed E-state index contributed by atoms with van der Waals surface area (Å²) in [6.07, 6.45) is 8.51. The Hall–Kier alpha value is -1.17. The standard InChI is InChI=1S/C17H24N4OS/c22-16(14-12-4-1-5-13(12)14)20-8-2-3-10(9-20)15-18-19-17(23)21(15)11-6-7-11/h10-14H,1-9H2,(H,19,23)/t10-,12-,13-/m1/s1. The second-order valence-electron chi connectivity index (χ2n) is 7.90. The fourth-order valence-electron chi connectivity index (χ4n) is 5.08. The number of amides is 1. The van der Waals surface area contributed by atoms with Gasteiger partial charge in [-0.1, -0.05) is 6.42 Å². The van der Waals surface area contributed by atoms with Gasteiger partial charge in [0.05, 0.1) is 0 Å². The molecule has 2 heterocycles. The van der Waals surface area contributed by atoms with E-state index in [2.05, 4.69) is 19.7 Å². The SMILES string of the molecule is O=C(C1[C@@H]2CCC[C@@H]12)N1CCC[C@@H](c2n[nH]c(=S)n2C2CC2)C1. The molecule has 3 atom stereocenters. The molecular weight excluding hydrogens is 308 g/mol. The Bertz CT molecular complexity index is 681. The van der Waals surface area contributed by atoms with Crippen molar-refractivity contribution in [2.75, 3.05) is 13.1 Å². The van der Waals surface area contributed by atoms with Gasteiger partial charge in [0.15, 0.2) is 4.77 Å². The zero-order valence-electron chi connectivity index (χ0n) is 13.4. The highest BCUT2D eigenvalue weighted by Gasteiger charge is 2.57. The molecule has 23 heavy (non-hydrogen) atoms. The van der Waals surface area contributed by atoms with Gasteiger partial charge in [-0.25, -0.2) is 0 Å². The molecule has 3 aliphatic carbocycles. The summed E-state index contributed by atoms with van der Waals surface area (Å²) >= 11 is 5.41. The van der Waals surface area contributed by atoms with Crippen LogP contribution in [-0.4, -0.2) is 38.7 Å². The average Bonchev–Trinajstić information content (AvgIpc) is 3.45. The van der Waals surface area contributed by atoms with E-state index in [-0.39, 0.29) is 0 Å². The van der Waals surface area contributed by atoms with E-state index in [1.807, 2.05) is 0 Å². The van der Waals surface area contributed by atoms with Crippen LogP contribution in [0.4, 0.5) is 0 Å². The summed E-state index contributed by atoms with van der Waals surface area (Å²) in [5.41, 5.74) is 0. The molecule has 0 unspecified atom stereocenters. The number of hydrogen-bond donors (Lipinski definition) is 1. The van der Waals surface area contributed by atoms with Crippen LogP contribution in [0.5, 0.6) is 0 Å². The number of carbonyl (C=O) groups excluding carboxylic acids is 1. The molecule has 0 bridgehead atoms. The van der Waals surface area contributed by atoms with Crippen LogP contribution in [0.2, 0.25) is 0 Å². The van der Waals surface area contributed by atoms with Crippen LogP contribution in [0.3, 0.4) is 0 Å². The highest BCUT2D eigenvalue weighted by atomic mass is 32.1. The van der Waals surface area contributed by atoms with Gasteiger partial charge in [-0.15, -0.1) is 0 Å². The molecular formula is C17H24N4OS. The molecule has 5 nitrogen and oxygen atoms in total. The average molecular weight is 332 g/mol. The Morgan fingerprint density at radius 1 is 1.13 bits per heavy atom. The van der Waals surface area contributed by atoms with Gasteiger partial charge < -0.3 is 9.47 Å². The molecule has 0 spiro atoms. The summed E-state index contributed by atoms with van der Waals surface area (Å²) in [6.45, 7) is 1.76. The summed E-state index contributed by atoms with van der Waals surface area (Å²) < 4.78 is 2.97. The monoisotopic (exact) mass is 332 g/mol.